The van der Waals surface area contributed by atoms with E-state index in [4.69, 9.17) is 9.47 Å². The molecule has 0 aliphatic carbocycles. The Morgan fingerprint density at radius 2 is 2.00 bits per heavy atom. The highest BCUT2D eigenvalue weighted by atomic mass is 16.5. The molecule has 0 radical (unpaired) electrons. The van der Waals surface area contributed by atoms with E-state index in [0.717, 1.165) is 5.56 Å². The van der Waals surface area contributed by atoms with E-state index in [0.29, 0.717) is 24.5 Å². The predicted octanol–water partition coefficient (Wildman–Crippen LogP) is 0.561. The van der Waals surface area contributed by atoms with Crippen LogP contribution in [-0.4, -0.2) is 33.0 Å². The molecule has 5 nitrogen and oxygen atoms in total. The molecule has 0 saturated carbocycles. The van der Waals surface area contributed by atoms with Crippen LogP contribution < -0.4 is 14.8 Å². The molecule has 0 aliphatic heterocycles. The van der Waals surface area contributed by atoms with Crippen molar-refractivity contribution in [2.24, 2.45) is 0 Å². The molecule has 1 aromatic carbocycles. The number of carbonyl (C=O) groups is 2. The number of benzene rings is 1. The summed E-state index contributed by atoms with van der Waals surface area (Å²) in [5, 5.41) is 2.47. The zero-order valence-corrected chi connectivity index (χ0v) is 9.86. The molecular weight excluding hydrogens is 222 g/mol. The summed E-state index contributed by atoms with van der Waals surface area (Å²) in [6.45, 7) is 0.410. The third-order valence-corrected chi connectivity index (χ3v) is 2.27. The van der Waals surface area contributed by atoms with Gasteiger partial charge >= 0.3 is 0 Å². The Bertz CT molecular complexity index is 403. The lowest BCUT2D eigenvalue weighted by Gasteiger charge is -2.09. The van der Waals surface area contributed by atoms with Gasteiger partial charge in [-0.05, 0) is 24.1 Å². The molecule has 0 unspecified atom stereocenters. The maximum Gasteiger partial charge on any atom is 0.284 e. The topological polar surface area (TPSA) is 64.6 Å². The molecule has 0 aliphatic rings. The number of nitrogens with one attached hydrogen (secondary N) is 1. The highest BCUT2D eigenvalue weighted by Crippen LogP contribution is 2.27. The molecule has 0 spiro atoms. The summed E-state index contributed by atoms with van der Waals surface area (Å²) in [6.07, 6.45) is 0.883. The van der Waals surface area contributed by atoms with Gasteiger partial charge < -0.3 is 14.8 Å². The molecule has 92 valence electrons. The Morgan fingerprint density at radius 3 is 2.59 bits per heavy atom. The zero-order chi connectivity index (χ0) is 12.7. The van der Waals surface area contributed by atoms with Gasteiger partial charge in [-0.3, -0.25) is 9.59 Å². The molecule has 0 saturated heterocycles. The van der Waals surface area contributed by atoms with Crippen molar-refractivity contribution in [3.63, 3.8) is 0 Å². The summed E-state index contributed by atoms with van der Waals surface area (Å²) in [5.74, 6) is 0.699. The van der Waals surface area contributed by atoms with E-state index in [1.807, 2.05) is 12.1 Å². The van der Waals surface area contributed by atoms with Crippen molar-refractivity contribution in [3.8, 4) is 11.5 Å². The van der Waals surface area contributed by atoms with Crippen LogP contribution in [0.15, 0.2) is 18.2 Å². The molecule has 1 rings (SSSR count). The number of amides is 1. The fourth-order valence-electron chi connectivity index (χ4n) is 1.41. The summed E-state index contributed by atoms with van der Waals surface area (Å²) in [5.41, 5.74) is 0.994. The van der Waals surface area contributed by atoms with Gasteiger partial charge in [0, 0.05) is 6.54 Å². The summed E-state index contributed by atoms with van der Waals surface area (Å²) >= 11 is 0. The van der Waals surface area contributed by atoms with E-state index in [-0.39, 0.29) is 6.29 Å². The maximum atomic E-state index is 10.7. The quantitative estimate of drug-likeness (QED) is 0.580. The van der Waals surface area contributed by atoms with Gasteiger partial charge in [0.2, 0.25) is 6.29 Å². The second kappa shape index (κ2) is 6.52. The monoisotopic (exact) mass is 237 g/mol. The second-order valence-corrected chi connectivity index (χ2v) is 3.35. The van der Waals surface area contributed by atoms with Crippen molar-refractivity contribution < 1.29 is 19.1 Å². The van der Waals surface area contributed by atoms with Gasteiger partial charge in [-0.2, -0.15) is 0 Å². The van der Waals surface area contributed by atoms with Gasteiger partial charge in [-0.25, -0.2) is 0 Å². The molecule has 0 heterocycles. The first-order valence-corrected chi connectivity index (χ1v) is 5.15. The molecule has 0 bridgehead atoms. The zero-order valence-electron chi connectivity index (χ0n) is 9.86. The Labute approximate surface area is 99.7 Å². The normalized spacial score (nSPS) is 9.53. The van der Waals surface area contributed by atoms with Crippen molar-refractivity contribution >= 4 is 12.2 Å². The first-order chi connectivity index (χ1) is 8.21. The average molecular weight is 237 g/mol. The van der Waals surface area contributed by atoms with Crippen LogP contribution in [0.5, 0.6) is 11.5 Å². The van der Waals surface area contributed by atoms with Crippen molar-refractivity contribution in [3.05, 3.63) is 23.8 Å². The second-order valence-electron chi connectivity index (χ2n) is 3.35. The lowest BCUT2D eigenvalue weighted by atomic mass is 10.1. The van der Waals surface area contributed by atoms with E-state index in [9.17, 15) is 9.59 Å². The Morgan fingerprint density at radius 1 is 1.29 bits per heavy atom. The van der Waals surface area contributed by atoms with Gasteiger partial charge in [0.1, 0.15) is 0 Å². The van der Waals surface area contributed by atoms with Crippen LogP contribution in [-0.2, 0) is 16.0 Å². The van der Waals surface area contributed by atoms with Crippen LogP contribution in [0.2, 0.25) is 0 Å². The molecule has 1 N–H and O–H groups in total. The van der Waals surface area contributed by atoms with E-state index in [1.54, 1.807) is 20.3 Å². The third kappa shape index (κ3) is 3.79. The van der Waals surface area contributed by atoms with Crippen LogP contribution in [0.1, 0.15) is 5.56 Å². The van der Waals surface area contributed by atoms with Crippen molar-refractivity contribution in [2.45, 2.75) is 6.42 Å². The number of ether oxygens (including phenoxy) is 2. The van der Waals surface area contributed by atoms with E-state index in [2.05, 4.69) is 5.32 Å². The Balaban J connectivity index is 2.60. The number of hydrogen-bond acceptors (Lipinski definition) is 4. The minimum absolute atomic E-state index is 0.259. The molecule has 17 heavy (non-hydrogen) atoms. The molecule has 1 aromatic rings. The highest BCUT2D eigenvalue weighted by Gasteiger charge is 2.04. The lowest BCUT2D eigenvalue weighted by Crippen LogP contribution is -2.26. The van der Waals surface area contributed by atoms with Crippen LogP contribution in [0.4, 0.5) is 0 Å². The number of hydrogen-bond donors (Lipinski definition) is 1. The summed E-state index contributed by atoms with van der Waals surface area (Å²) in [6, 6.07) is 5.52. The summed E-state index contributed by atoms with van der Waals surface area (Å²) in [4.78, 5) is 20.8. The average Bonchev–Trinajstić information content (AvgIpc) is 2.38. The summed E-state index contributed by atoms with van der Waals surface area (Å²) in [7, 11) is 3.14. The standard InChI is InChI=1S/C12H15NO4/c1-16-10-4-3-9(7-11(10)17-2)5-6-13-12(15)8-14/h3-4,7-8H,5-6H2,1-2H3,(H,13,15). The smallest absolute Gasteiger partial charge is 0.284 e. The Kier molecular flexibility index (Phi) is 5.00. The first kappa shape index (κ1) is 13.0. The fraction of sp³-hybridized carbons (Fsp3) is 0.333. The van der Waals surface area contributed by atoms with Gasteiger partial charge in [0.05, 0.1) is 14.2 Å². The number of rotatable bonds is 6. The van der Waals surface area contributed by atoms with Crippen LogP contribution >= 0.6 is 0 Å². The first-order valence-electron chi connectivity index (χ1n) is 5.15. The summed E-state index contributed by atoms with van der Waals surface area (Å²) < 4.78 is 10.3. The number of aldehydes is 1. The van der Waals surface area contributed by atoms with Crippen molar-refractivity contribution in [2.75, 3.05) is 20.8 Å². The van der Waals surface area contributed by atoms with Crippen molar-refractivity contribution in [1.29, 1.82) is 0 Å². The molecule has 0 aromatic heterocycles. The maximum absolute atomic E-state index is 10.7. The van der Waals surface area contributed by atoms with E-state index >= 15 is 0 Å². The molecule has 1 amide bonds. The van der Waals surface area contributed by atoms with Gasteiger partial charge in [-0.1, -0.05) is 6.07 Å². The third-order valence-electron chi connectivity index (χ3n) is 2.27. The molecule has 5 heteroatoms. The molecule has 0 fully saturated rings. The van der Waals surface area contributed by atoms with Crippen LogP contribution in [0, 0.1) is 0 Å². The van der Waals surface area contributed by atoms with Gasteiger partial charge in [-0.15, -0.1) is 0 Å². The van der Waals surface area contributed by atoms with Crippen LogP contribution in [0.3, 0.4) is 0 Å². The predicted molar refractivity (Wildman–Crippen MR) is 62.3 cm³/mol. The number of carbonyl (C=O) groups excluding carboxylic acids is 2. The van der Waals surface area contributed by atoms with Gasteiger partial charge in [0.15, 0.2) is 11.5 Å². The Hall–Kier alpha value is -2.04. The molecular formula is C12H15NO4. The number of methoxy groups -OCH3 is 2. The van der Waals surface area contributed by atoms with E-state index in [1.165, 1.54) is 0 Å². The fourth-order valence-corrected chi connectivity index (χ4v) is 1.41. The highest BCUT2D eigenvalue weighted by molar-refractivity contribution is 6.23. The van der Waals surface area contributed by atoms with Gasteiger partial charge in [0.25, 0.3) is 5.91 Å². The minimum atomic E-state index is -0.606. The van der Waals surface area contributed by atoms with Crippen molar-refractivity contribution in [1.82, 2.24) is 5.32 Å². The SMILES string of the molecule is COc1ccc(CCNC(=O)C=O)cc1OC. The van der Waals surface area contributed by atoms with E-state index < -0.39 is 5.91 Å². The minimum Gasteiger partial charge on any atom is -0.493 e. The van der Waals surface area contributed by atoms with Crippen LogP contribution in [0.25, 0.3) is 0 Å². The lowest BCUT2D eigenvalue weighted by molar-refractivity contribution is -0.131. The molecule has 0 atom stereocenters. The largest absolute Gasteiger partial charge is 0.493 e.